The van der Waals surface area contributed by atoms with Crippen LogP contribution in [0, 0.1) is 6.92 Å². The summed E-state index contributed by atoms with van der Waals surface area (Å²) in [4.78, 5) is 2.55. The lowest BCUT2D eigenvalue weighted by molar-refractivity contribution is 0.104. The van der Waals surface area contributed by atoms with E-state index >= 15 is 0 Å². The highest BCUT2D eigenvalue weighted by Gasteiger charge is 2.28. The van der Waals surface area contributed by atoms with E-state index < -0.39 is 0 Å². The van der Waals surface area contributed by atoms with Gasteiger partial charge in [0.1, 0.15) is 0 Å². The molecular weight excluding hydrogens is 212 g/mol. The Hall–Kier alpha value is -0.870. The summed E-state index contributed by atoms with van der Waals surface area (Å²) in [5.74, 6) is 0. The lowest BCUT2D eigenvalue weighted by atomic mass is 9.95. The van der Waals surface area contributed by atoms with Crippen molar-refractivity contribution in [2.45, 2.75) is 51.7 Å². The standard InChI is InChI=1S/C13H24N4/c1-9-7-12(14)5-6-17(9)11(3)13-8-16(4)15-10(13)2/h8-9,11-12H,5-7,14H2,1-4H3. The number of nitrogens with zero attached hydrogens (tertiary/aromatic N) is 3. The van der Waals surface area contributed by atoms with Gasteiger partial charge in [-0.05, 0) is 33.6 Å². The molecule has 0 spiro atoms. The number of aryl methyl sites for hydroxylation is 2. The molecule has 2 heterocycles. The first-order chi connectivity index (χ1) is 7.99. The third-order valence-corrected chi connectivity index (χ3v) is 3.97. The van der Waals surface area contributed by atoms with E-state index in [0.717, 1.165) is 25.1 Å². The van der Waals surface area contributed by atoms with Crippen LogP contribution in [0.5, 0.6) is 0 Å². The van der Waals surface area contributed by atoms with E-state index in [1.54, 1.807) is 0 Å². The second-order valence-electron chi connectivity index (χ2n) is 5.39. The number of likely N-dealkylation sites (tertiary alicyclic amines) is 1. The average molecular weight is 236 g/mol. The van der Waals surface area contributed by atoms with Crippen LogP contribution in [0.25, 0.3) is 0 Å². The number of hydrogen-bond donors (Lipinski definition) is 1. The van der Waals surface area contributed by atoms with Crippen molar-refractivity contribution in [2.24, 2.45) is 12.8 Å². The molecule has 1 aliphatic heterocycles. The number of hydrogen-bond acceptors (Lipinski definition) is 3. The second kappa shape index (κ2) is 4.78. The summed E-state index contributed by atoms with van der Waals surface area (Å²) in [6.45, 7) is 7.74. The van der Waals surface area contributed by atoms with Gasteiger partial charge in [0.2, 0.25) is 0 Å². The second-order valence-corrected chi connectivity index (χ2v) is 5.39. The van der Waals surface area contributed by atoms with Crippen LogP contribution in [0.4, 0.5) is 0 Å². The molecule has 3 atom stereocenters. The highest BCUT2D eigenvalue weighted by Crippen LogP contribution is 2.28. The van der Waals surface area contributed by atoms with E-state index in [-0.39, 0.29) is 0 Å². The van der Waals surface area contributed by atoms with Gasteiger partial charge in [-0.3, -0.25) is 9.58 Å². The molecule has 4 nitrogen and oxygen atoms in total. The monoisotopic (exact) mass is 236 g/mol. The first kappa shape index (κ1) is 12.6. The van der Waals surface area contributed by atoms with Crippen LogP contribution < -0.4 is 5.73 Å². The normalized spacial score (nSPS) is 28.3. The zero-order valence-electron chi connectivity index (χ0n) is 11.3. The van der Waals surface area contributed by atoms with Crippen LogP contribution >= 0.6 is 0 Å². The van der Waals surface area contributed by atoms with Crippen molar-refractivity contribution in [3.8, 4) is 0 Å². The highest BCUT2D eigenvalue weighted by atomic mass is 15.3. The molecule has 0 amide bonds. The maximum atomic E-state index is 6.02. The Kier molecular flexibility index (Phi) is 3.54. The summed E-state index contributed by atoms with van der Waals surface area (Å²) >= 11 is 0. The van der Waals surface area contributed by atoms with Crippen molar-refractivity contribution in [3.05, 3.63) is 17.5 Å². The fourth-order valence-electron chi connectivity index (χ4n) is 3.01. The first-order valence-corrected chi connectivity index (χ1v) is 6.50. The molecule has 0 bridgehead atoms. The van der Waals surface area contributed by atoms with Crippen molar-refractivity contribution in [3.63, 3.8) is 0 Å². The summed E-state index contributed by atoms with van der Waals surface area (Å²) in [5, 5.41) is 4.43. The summed E-state index contributed by atoms with van der Waals surface area (Å²) in [7, 11) is 1.98. The SMILES string of the molecule is Cc1nn(C)cc1C(C)N1CCC(N)CC1C. The van der Waals surface area contributed by atoms with Gasteiger partial charge in [0.25, 0.3) is 0 Å². The Bertz CT molecular complexity index is 385. The minimum Gasteiger partial charge on any atom is -0.328 e. The van der Waals surface area contributed by atoms with Crippen LogP contribution in [0.3, 0.4) is 0 Å². The molecule has 4 heteroatoms. The summed E-state index contributed by atoms with van der Waals surface area (Å²) in [6.07, 6.45) is 4.35. The predicted octanol–water partition coefficient (Wildman–Crippen LogP) is 1.60. The van der Waals surface area contributed by atoms with E-state index in [9.17, 15) is 0 Å². The van der Waals surface area contributed by atoms with E-state index in [2.05, 4.69) is 37.0 Å². The van der Waals surface area contributed by atoms with Crippen molar-refractivity contribution in [2.75, 3.05) is 6.54 Å². The fraction of sp³-hybridized carbons (Fsp3) is 0.769. The molecule has 2 N–H and O–H groups in total. The summed E-state index contributed by atoms with van der Waals surface area (Å²) in [6, 6.07) is 1.38. The van der Waals surface area contributed by atoms with Crippen molar-refractivity contribution < 1.29 is 0 Å². The quantitative estimate of drug-likeness (QED) is 0.848. The zero-order chi connectivity index (χ0) is 12.6. The van der Waals surface area contributed by atoms with Crippen LogP contribution in [-0.2, 0) is 7.05 Å². The van der Waals surface area contributed by atoms with Crippen molar-refractivity contribution in [1.82, 2.24) is 14.7 Å². The smallest absolute Gasteiger partial charge is 0.0641 e. The van der Waals surface area contributed by atoms with Gasteiger partial charge in [0, 0.05) is 43.5 Å². The lowest BCUT2D eigenvalue weighted by Crippen LogP contribution is -2.46. The first-order valence-electron chi connectivity index (χ1n) is 6.50. The number of piperidine rings is 1. The van der Waals surface area contributed by atoms with Crippen LogP contribution in [0.2, 0.25) is 0 Å². The Balaban J connectivity index is 2.14. The molecule has 2 rings (SSSR count). The van der Waals surface area contributed by atoms with Gasteiger partial charge in [-0.25, -0.2) is 0 Å². The Morgan fingerprint density at radius 1 is 1.53 bits per heavy atom. The van der Waals surface area contributed by atoms with Crippen LogP contribution in [-0.4, -0.2) is 33.3 Å². The van der Waals surface area contributed by atoms with Gasteiger partial charge in [0.15, 0.2) is 0 Å². The molecule has 0 saturated carbocycles. The molecule has 0 radical (unpaired) electrons. The number of nitrogens with two attached hydrogens (primary N) is 1. The van der Waals surface area contributed by atoms with Gasteiger partial charge in [-0.15, -0.1) is 0 Å². The number of aromatic nitrogens is 2. The molecule has 1 aromatic heterocycles. The maximum Gasteiger partial charge on any atom is 0.0641 e. The van der Waals surface area contributed by atoms with Crippen molar-refractivity contribution in [1.29, 1.82) is 0 Å². The molecule has 1 aliphatic rings. The predicted molar refractivity (Wildman–Crippen MR) is 69.7 cm³/mol. The molecule has 0 aliphatic carbocycles. The third-order valence-electron chi connectivity index (χ3n) is 3.97. The third kappa shape index (κ3) is 2.53. The molecule has 1 saturated heterocycles. The van der Waals surface area contributed by atoms with Gasteiger partial charge >= 0.3 is 0 Å². The topological polar surface area (TPSA) is 47.1 Å². The van der Waals surface area contributed by atoms with Crippen molar-refractivity contribution >= 4 is 0 Å². The summed E-state index contributed by atoms with van der Waals surface area (Å²) < 4.78 is 1.90. The maximum absolute atomic E-state index is 6.02. The van der Waals surface area contributed by atoms with Gasteiger partial charge in [0.05, 0.1) is 5.69 Å². The average Bonchev–Trinajstić information content (AvgIpc) is 2.57. The lowest BCUT2D eigenvalue weighted by Gasteiger charge is -2.40. The number of rotatable bonds is 2. The molecule has 3 unspecified atom stereocenters. The van der Waals surface area contributed by atoms with E-state index in [1.807, 2.05) is 11.7 Å². The Morgan fingerprint density at radius 3 is 2.76 bits per heavy atom. The molecule has 96 valence electrons. The molecule has 17 heavy (non-hydrogen) atoms. The Labute approximate surface area is 104 Å². The molecule has 1 aromatic rings. The van der Waals surface area contributed by atoms with E-state index in [1.165, 1.54) is 5.56 Å². The molecule has 1 fully saturated rings. The van der Waals surface area contributed by atoms with Crippen LogP contribution in [0.15, 0.2) is 6.20 Å². The minimum absolute atomic E-state index is 0.378. The van der Waals surface area contributed by atoms with E-state index in [4.69, 9.17) is 5.73 Å². The molecular formula is C13H24N4. The highest BCUT2D eigenvalue weighted by molar-refractivity contribution is 5.20. The van der Waals surface area contributed by atoms with E-state index in [0.29, 0.717) is 18.1 Å². The van der Waals surface area contributed by atoms with Gasteiger partial charge in [-0.1, -0.05) is 0 Å². The van der Waals surface area contributed by atoms with Gasteiger partial charge in [-0.2, -0.15) is 5.10 Å². The fourth-order valence-corrected chi connectivity index (χ4v) is 3.01. The van der Waals surface area contributed by atoms with Gasteiger partial charge < -0.3 is 5.73 Å². The summed E-state index contributed by atoms with van der Waals surface area (Å²) in [5.41, 5.74) is 8.50. The zero-order valence-corrected chi connectivity index (χ0v) is 11.3. The van der Waals surface area contributed by atoms with Crippen LogP contribution in [0.1, 0.15) is 44.0 Å². The largest absolute Gasteiger partial charge is 0.328 e. The Morgan fingerprint density at radius 2 is 2.24 bits per heavy atom. The molecule has 0 aromatic carbocycles. The minimum atomic E-state index is 0.378.